The molecule has 0 aliphatic carbocycles. The lowest BCUT2D eigenvalue weighted by Crippen LogP contribution is -2.24. The molecule has 0 radical (unpaired) electrons. The lowest BCUT2D eigenvalue weighted by molar-refractivity contribution is -0.117. The van der Waals surface area contributed by atoms with Crippen molar-refractivity contribution in [2.45, 2.75) is 19.8 Å². The summed E-state index contributed by atoms with van der Waals surface area (Å²) in [6.45, 7) is 2.46. The Labute approximate surface area is 145 Å². The Morgan fingerprint density at radius 1 is 1.16 bits per heavy atom. The van der Waals surface area contributed by atoms with Crippen LogP contribution >= 0.6 is 0 Å². The predicted octanol–water partition coefficient (Wildman–Crippen LogP) is 3.31. The Balaban J connectivity index is 1.54. The standard InChI is InChI=1S/C19H20FN3O2/c1-13-4-5-15(11-17(13)20)21-12-18(24)22-14-6-8-16(9-7-14)23-10-2-3-19(23)25/h4-9,11,21H,2-3,10,12H2,1H3,(H,22,24). The van der Waals surface area contributed by atoms with Gasteiger partial charge in [-0.2, -0.15) is 0 Å². The van der Waals surface area contributed by atoms with E-state index in [1.165, 1.54) is 6.07 Å². The summed E-state index contributed by atoms with van der Waals surface area (Å²) < 4.78 is 13.5. The molecule has 2 amide bonds. The van der Waals surface area contributed by atoms with Crippen LogP contribution in [-0.2, 0) is 9.59 Å². The van der Waals surface area contributed by atoms with E-state index in [0.717, 1.165) is 18.7 Å². The number of hydrogen-bond donors (Lipinski definition) is 2. The Hall–Kier alpha value is -2.89. The fourth-order valence-electron chi connectivity index (χ4n) is 2.74. The number of nitrogens with one attached hydrogen (secondary N) is 2. The van der Waals surface area contributed by atoms with Crippen molar-refractivity contribution in [1.82, 2.24) is 0 Å². The molecule has 1 fully saturated rings. The lowest BCUT2D eigenvalue weighted by Gasteiger charge is -2.16. The third-order valence-electron chi connectivity index (χ3n) is 4.16. The fraction of sp³-hybridized carbons (Fsp3) is 0.263. The number of carbonyl (C=O) groups excluding carboxylic acids is 2. The van der Waals surface area contributed by atoms with Gasteiger partial charge in [-0.3, -0.25) is 9.59 Å². The van der Waals surface area contributed by atoms with Crippen molar-refractivity contribution in [3.8, 4) is 0 Å². The summed E-state index contributed by atoms with van der Waals surface area (Å²) in [4.78, 5) is 25.5. The molecule has 2 N–H and O–H groups in total. The highest BCUT2D eigenvalue weighted by atomic mass is 19.1. The molecule has 1 aliphatic heterocycles. The molecule has 5 nitrogen and oxygen atoms in total. The molecule has 130 valence electrons. The zero-order valence-electron chi connectivity index (χ0n) is 14.0. The molecule has 3 rings (SSSR count). The minimum Gasteiger partial charge on any atom is -0.376 e. The van der Waals surface area contributed by atoms with Crippen LogP contribution in [0.5, 0.6) is 0 Å². The van der Waals surface area contributed by atoms with E-state index in [4.69, 9.17) is 0 Å². The summed E-state index contributed by atoms with van der Waals surface area (Å²) in [5, 5.41) is 5.66. The third kappa shape index (κ3) is 4.15. The summed E-state index contributed by atoms with van der Waals surface area (Å²) in [5.41, 5.74) is 2.61. The number of anilines is 3. The first-order valence-electron chi connectivity index (χ1n) is 8.23. The molecular weight excluding hydrogens is 321 g/mol. The SMILES string of the molecule is Cc1ccc(NCC(=O)Nc2ccc(N3CCCC3=O)cc2)cc1F. The third-order valence-corrected chi connectivity index (χ3v) is 4.16. The first-order chi connectivity index (χ1) is 12.0. The molecule has 0 saturated carbocycles. The van der Waals surface area contributed by atoms with E-state index in [-0.39, 0.29) is 24.2 Å². The Kier molecular flexibility index (Phi) is 4.97. The van der Waals surface area contributed by atoms with Gasteiger partial charge in [0.05, 0.1) is 6.54 Å². The van der Waals surface area contributed by atoms with Gasteiger partial charge in [-0.15, -0.1) is 0 Å². The van der Waals surface area contributed by atoms with Crippen LogP contribution in [0.2, 0.25) is 0 Å². The highest BCUT2D eigenvalue weighted by molar-refractivity contribution is 5.96. The Morgan fingerprint density at radius 3 is 2.52 bits per heavy atom. The van der Waals surface area contributed by atoms with Crippen LogP contribution in [0.25, 0.3) is 0 Å². The summed E-state index contributed by atoms with van der Waals surface area (Å²) >= 11 is 0. The zero-order chi connectivity index (χ0) is 17.8. The Morgan fingerprint density at radius 2 is 1.88 bits per heavy atom. The van der Waals surface area contributed by atoms with Crippen LogP contribution in [0.15, 0.2) is 42.5 Å². The molecule has 2 aromatic rings. The van der Waals surface area contributed by atoms with Crippen molar-refractivity contribution < 1.29 is 14.0 Å². The second kappa shape index (κ2) is 7.34. The molecule has 1 aliphatic rings. The number of carbonyl (C=O) groups is 2. The summed E-state index contributed by atoms with van der Waals surface area (Å²) in [6.07, 6.45) is 1.46. The molecule has 0 aromatic heterocycles. The first kappa shape index (κ1) is 17.0. The lowest BCUT2D eigenvalue weighted by atomic mass is 10.2. The zero-order valence-corrected chi connectivity index (χ0v) is 14.0. The van der Waals surface area contributed by atoms with Crippen molar-refractivity contribution >= 4 is 28.9 Å². The van der Waals surface area contributed by atoms with Crippen LogP contribution < -0.4 is 15.5 Å². The number of amides is 2. The first-order valence-corrected chi connectivity index (χ1v) is 8.23. The van der Waals surface area contributed by atoms with Gasteiger partial charge in [-0.25, -0.2) is 4.39 Å². The second-order valence-electron chi connectivity index (χ2n) is 6.06. The highest BCUT2D eigenvalue weighted by Gasteiger charge is 2.21. The van der Waals surface area contributed by atoms with Crippen molar-refractivity contribution in [3.63, 3.8) is 0 Å². The monoisotopic (exact) mass is 341 g/mol. The van der Waals surface area contributed by atoms with Crippen LogP contribution in [0.4, 0.5) is 21.5 Å². The predicted molar refractivity (Wildman–Crippen MR) is 96.3 cm³/mol. The summed E-state index contributed by atoms with van der Waals surface area (Å²) in [5.74, 6) is -0.408. The van der Waals surface area contributed by atoms with E-state index in [2.05, 4.69) is 10.6 Å². The van der Waals surface area contributed by atoms with Crippen molar-refractivity contribution in [3.05, 3.63) is 53.8 Å². The molecule has 1 heterocycles. The maximum Gasteiger partial charge on any atom is 0.243 e. The quantitative estimate of drug-likeness (QED) is 0.877. The van der Waals surface area contributed by atoms with Crippen molar-refractivity contribution in [2.24, 2.45) is 0 Å². The number of halogens is 1. The number of rotatable bonds is 5. The molecule has 0 atom stereocenters. The smallest absolute Gasteiger partial charge is 0.243 e. The van der Waals surface area contributed by atoms with Gasteiger partial charge in [0.2, 0.25) is 11.8 Å². The van der Waals surface area contributed by atoms with Crippen LogP contribution in [0, 0.1) is 12.7 Å². The number of benzene rings is 2. The number of hydrogen-bond acceptors (Lipinski definition) is 3. The van der Waals surface area contributed by atoms with Crippen LogP contribution in [-0.4, -0.2) is 24.9 Å². The second-order valence-corrected chi connectivity index (χ2v) is 6.06. The van der Waals surface area contributed by atoms with Gasteiger partial charge in [0.15, 0.2) is 0 Å². The van der Waals surface area contributed by atoms with E-state index in [0.29, 0.717) is 23.4 Å². The fourth-order valence-corrected chi connectivity index (χ4v) is 2.74. The van der Waals surface area contributed by atoms with Gasteiger partial charge in [0, 0.05) is 30.0 Å². The highest BCUT2D eigenvalue weighted by Crippen LogP contribution is 2.23. The van der Waals surface area contributed by atoms with Gasteiger partial charge in [0.1, 0.15) is 5.82 Å². The average molecular weight is 341 g/mol. The molecule has 0 unspecified atom stereocenters. The normalized spacial score (nSPS) is 13.8. The maximum absolute atomic E-state index is 13.5. The van der Waals surface area contributed by atoms with E-state index in [1.807, 2.05) is 12.1 Å². The molecule has 2 aromatic carbocycles. The van der Waals surface area contributed by atoms with Gasteiger partial charge in [-0.1, -0.05) is 6.07 Å². The largest absolute Gasteiger partial charge is 0.376 e. The van der Waals surface area contributed by atoms with Crippen molar-refractivity contribution in [1.29, 1.82) is 0 Å². The van der Waals surface area contributed by atoms with Crippen LogP contribution in [0.1, 0.15) is 18.4 Å². The van der Waals surface area contributed by atoms with Gasteiger partial charge in [-0.05, 0) is 55.3 Å². The average Bonchev–Trinajstić information content (AvgIpc) is 3.03. The molecule has 1 saturated heterocycles. The molecule has 0 bridgehead atoms. The topological polar surface area (TPSA) is 61.4 Å². The minimum absolute atomic E-state index is 0.0366. The van der Waals surface area contributed by atoms with Gasteiger partial charge < -0.3 is 15.5 Å². The van der Waals surface area contributed by atoms with Crippen molar-refractivity contribution in [2.75, 3.05) is 28.6 Å². The maximum atomic E-state index is 13.5. The van der Waals surface area contributed by atoms with E-state index < -0.39 is 0 Å². The van der Waals surface area contributed by atoms with Gasteiger partial charge in [0.25, 0.3) is 0 Å². The van der Waals surface area contributed by atoms with E-state index >= 15 is 0 Å². The van der Waals surface area contributed by atoms with Gasteiger partial charge >= 0.3 is 0 Å². The minimum atomic E-state index is -0.308. The summed E-state index contributed by atoms with van der Waals surface area (Å²) in [6, 6.07) is 11.9. The van der Waals surface area contributed by atoms with Crippen LogP contribution in [0.3, 0.4) is 0 Å². The molecule has 25 heavy (non-hydrogen) atoms. The number of aryl methyl sites for hydroxylation is 1. The molecule has 0 spiro atoms. The summed E-state index contributed by atoms with van der Waals surface area (Å²) in [7, 11) is 0. The Bertz CT molecular complexity index is 790. The number of nitrogens with zero attached hydrogens (tertiary/aromatic N) is 1. The molecule has 6 heteroatoms. The van der Waals surface area contributed by atoms with E-state index in [1.54, 1.807) is 36.1 Å². The van der Waals surface area contributed by atoms with E-state index in [9.17, 15) is 14.0 Å². The molecular formula is C19H20FN3O2.